The van der Waals surface area contributed by atoms with E-state index in [1.165, 1.54) is 17.3 Å². The van der Waals surface area contributed by atoms with Crippen LogP contribution in [0.1, 0.15) is 12.8 Å². The lowest BCUT2D eigenvalue weighted by atomic mass is 10.1. The van der Waals surface area contributed by atoms with Gasteiger partial charge in [-0.05, 0) is 47.4 Å². The molecule has 1 saturated heterocycles. The van der Waals surface area contributed by atoms with E-state index >= 15 is 0 Å². The molecule has 0 radical (unpaired) electrons. The topological polar surface area (TPSA) is 85.8 Å². The molecule has 0 unspecified atom stereocenters. The Morgan fingerprint density at radius 3 is 2.59 bits per heavy atom. The van der Waals surface area contributed by atoms with Crippen molar-refractivity contribution in [2.75, 3.05) is 32.6 Å². The van der Waals surface area contributed by atoms with Crippen LogP contribution in [-0.4, -0.2) is 54.2 Å². The molecule has 5 rings (SSSR count). The number of anilines is 2. The SMILES string of the molecule is C=CC(=O)N1CCC(Oc2cc3c(Nc4cc(-c5cccs5)ccc4OC)ncnc3cc2OC)CC1. The summed E-state index contributed by atoms with van der Waals surface area (Å²) >= 11 is 1.68. The summed E-state index contributed by atoms with van der Waals surface area (Å²) in [6, 6.07) is 13.9. The molecule has 190 valence electrons. The fourth-order valence-corrected chi connectivity index (χ4v) is 5.17. The summed E-state index contributed by atoms with van der Waals surface area (Å²) in [5, 5.41) is 6.29. The van der Waals surface area contributed by atoms with Crippen molar-refractivity contribution in [2.45, 2.75) is 18.9 Å². The number of carbonyl (C=O) groups is 1. The van der Waals surface area contributed by atoms with Crippen LogP contribution in [0.5, 0.6) is 17.2 Å². The average molecular weight is 517 g/mol. The molecule has 9 heteroatoms. The highest BCUT2D eigenvalue weighted by atomic mass is 32.1. The molecule has 0 atom stereocenters. The van der Waals surface area contributed by atoms with Crippen LogP contribution in [0.25, 0.3) is 21.3 Å². The lowest BCUT2D eigenvalue weighted by molar-refractivity contribution is -0.127. The van der Waals surface area contributed by atoms with Crippen molar-refractivity contribution in [2.24, 2.45) is 0 Å². The van der Waals surface area contributed by atoms with Gasteiger partial charge in [0.15, 0.2) is 11.5 Å². The molecule has 1 N–H and O–H groups in total. The van der Waals surface area contributed by atoms with Crippen molar-refractivity contribution in [3.8, 4) is 27.7 Å². The third kappa shape index (κ3) is 5.22. The lowest BCUT2D eigenvalue weighted by Gasteiger charge is -2.31. The molecule has 0 aliphatic carbocycles. The third-order valence-electron chi connectivity index (χ3n) is 6.40. The minimum atomic E-state index is -0.0480. The zero-order valence-electron chi connectivity index (χ0n) is 20.8. The number of thiophene rings is 1. The molecular formula is C28H28N4O4S. The number of amides is 1. The maximum absolute atomic E-state index is 11.9. The molecule has 0 saturated carbocycles. The van der Waals surface area contributed by atoms with Crippen molar-refractivity contribution in [3.63, 3.8) is 0 Å². The Balaban J connectivity index is 1.45. The number of fused-ring (bicyclic) bond motifs is 1. The van der Waals surface area contributed by atoms with Gasteiger partial charge in [0.2, 0.25) is 5.91 Å². The van der Waals surface area contributed by atoms with Gasteiger partial charge in [-0.1, -0.05) is 12.6 Å². The van der Waals surface area contributed by atoms with Gasteiger partial charge in [0, 0.05) is 42.3 Å². The van der Waals surface area contributed by atoms with E-state index in [2.05, 4.69) is 39.4 Å². The highest BCUT2D eigenvalue weighted by Crippen LogP contribution is 2.38. The molecule has 4 aromatic rings. The summed E-state index contributed by atoms with van der Waals surface area (Å²) in [5.41, 5.74) is 2.61. The predicted molar refractivity (Wildman–Crippen MR) is 146 cm³/mol. The number of aromatic nitrogens is 2. The van der Waals surface area contributed by atoms with Crippen LogP contribution in [0, 0.1) is 0 Å². The monoisotopic (exact) mass is 516 g/mol. The highest BCUT2D eigenvalue weighted by Gasteiger charge is 2.24. The molecule has 37 heavy (non-hydrogen) atoms. The first-order valence-electron chi connectivity index (χ1n) is 12.0. The zero-order chi connectivity index (χ0) is 25.8. The lowest BCUT2D eigenvalue weighted by Crippen LogP contribution is -2.41. The summed E-state index contributed by atoms with van der Waals surface area (Å²) in [4.78, 5) is 23.9. The number of carbonyl (C=O) groups excluding carboxylic acids is 1. The van der Waals surface area contributed by atoms with E-state index in [1.54, 1.807) is 30.5 Å². The fourth-order valence-electron chi connectivity index (χ4n) is 4.45. The van der Waals surface area contributed by atoms with Gasteiger partial charge >= 0.3 is 0 Å². The van der Waals surface area contributed by atoms with Crippen LogP contribution < -0.4 is 19.5 Å². The zero-order valence-corrected chi connectivity index (χ0v) is 21.6. The quantitative estimate of drug-likeness (QED) is 0.302. The van der Waals surface area contributed by atoms with Gasteiger partial charge in [-0.3, -0.25) is 4.79 Å². The number of rotatable bonds is 8. The van der Waals surface area contributed by atoms with Crippen LogP contribution in [-0.2, 0) is 4.79 Å². The van der Waals surface area contributed by atoms with Crippen molar-refractivity contribution in [3.05, 3.63) is 66.8 Å². The number of benzene rings is 2. The maximum Gasteiger partial charge on any atom is 0.245 e. The van der Waals surface area contributed by atoms with Gasteiger partial charge in [0.05, 0.1) is 25.4 Å². The van der Waals surface area contributed by atoms with Crippen molar-refractivity contribution in [1.82, 2.24) is 14.9 Å². The first kappa shape index (κ1) is 24.6. The van der Waals surface area contributed by atoms with Gasteiger partial charge in [0.25, 0.3) is 0 Å². The number of piperidine rings is 1. The first-order valence-corrected chi connectivity index (χ1v) is 12.9. The number of nitrogens with one attached hydrogen (secondary N) is 1. The van der Waals surface area contributed by atoms with Gasteiger partial charge in [-0.2, -0.15) is 0 Å². The Morgan fingerprint density at radius 2 is 1.89 bits per heavy atom. The number of hydrogen-bond donors (Lipinski definition) is 1. The molecule has 3 heterocycles. The second kappa shape index (κ2) is 10.9. The minimum absolute atomic E-state index is 0.0381. The molecule has 1 aliphatic rings. The Bertz CT molecular complexity index is 1420. The number of methoxy groups -OCH3 is 2. The molecule has 2 aromatic carbocycles. The Hall–Kier alpha value is -4.11. The van der Waals surface area contributed by atoms with Crippen LogP contribution in [0.2, 0.25) is 0 Å². The van der Waals surface area contributed by atoms with E-state index in [0.29, 0.717) is 36.2 Å². The summed E-state index contributed by atoms with van der Waals surface area (Å²) in [5.74, 6) is 2.50. The summed E-state index contributed by atoms with van der Waals surface area (Å²) in [6.07, 6.45) is 4.29. The molecular weight excluding hydrogens is 488 g/mol. The molecule has 8 nitrogen and oxygen atoms in total. The second-order valence-corrected chi connectivity index (χ2v) is 9.55. The Labute approximate surface area is 219 Å². The molecule has 0 spiro atoms. The van der Waals surface area contributed by atoms with E-state index in [9.17, 15) is 4.79 Å². The van der Waals surface area contributed by atoms with Crippen LogP contribution >= 0.6 is 11.3 Å². The van der Waals surface area contributed by atoms with Gasteiger partial charge in [-0.15, -0.1) is 11.3 Å². The number of hydrogen-bond acceptors (Lipinski definition) is 8. The highest BCUT2D eigenvalue weighted by molar-refractivity contribution is 7.13. The van der Waals surface area contributed by atoms with Crippen molar-refractivity contribution in [1.29, 1.82) is 0 Å². The molecule has 1 amide bonds. The summed E-state index contributed by atoms with van der Waals surface area (Å²) < 4.78 is 17.6. The van der Waals surface area contributed by atoms with Crippen LogP contribution in [0.3, 0.4) is 0 Å². The fraction of sp³-hybridized carbons (Fsp3) is 0.250. The van der Waals surface area contributed by atoms with E-state index in [-0.39, 0.29) is 12.0 Å². The molecule has 2 aromatic heterocycles. The van der Waals surface area contributed by atoms with E-state index in [0.717, 1.165) is 35.0 Å². The van der Waals surface area contributed by atoms with Crippen molar-refractivity contribution < 1.29 is 19.0 Å². The largest absolute Gasteiger partial charge is 0.495 e. The summed E-state index contributed by atoms with van der Waals surface area (Å²) in [6.45, 7) is 4.83. The van der Waals surface area contributed by atoms with E-state index < -0.39 is 0 Å². The smallest absolute Gasteiger partial charge is 0.245 e. The van der Waals surface area contributed by atoms with Gasteiger partial charge in [-0.25, -0.2) is 9.97 Å². The van der Waals surface area contributed by atoms with Crippen molar-refractivity contribution >= 4 is 39.7 Å². The molecule has 0 bridgehead atoms. The Morgan fingerprint density at radius 1 is 1.08 bits per heavy atom. The molecule has 1 aliphatic heterocycles. The van der Waals surface area contributed by atoms with E-state index in [1.807, 2.05) is 30.3 Å². The number of nitrogens with zero attached hydrogens (tertiary/aromatic N) is 3. The van der Waals surface area contributed by atoms with Crippen LogP contribution in [0.15, 0.2) is 66.8 Å². The minimum Gasteiger partial charge on any atom is -0.495 e. The first-order chi connectivity index (χ1) is 18.1. The van der Waals surface area contributed by atoms with Gasteiger partial charge in [0.1, 0.15) is 24.0 Å². The van der Waals surface area contributed by atoms with E-state index in [4.69, 9.17) is 14.2 Å². The Kier molecular flexibility index (Phi) is 7.23. The standard InChI is InChI=1S/C28H28N4O4S/c1-4-27(33)32-11-9-19(10-12-32)36-25-15-20-21(16-24(25)35-3)29-17-30-28(20)31-22-14-18(7-8-23(22)34-2)26-6-5-13-37-26/h4-8,13-17,19H,1,9-12H2,2-3H3,(H,29,30,31). The summed E-state index contributed by atoms with van der Waals surface area (Å²) in [7, 11) is 3.26. The normalized spacial score (nSPS) is 13.8. The number of likely N-dealkylation sites (tertiary alicyclic amines) is 1. The average Bonchev–Trinajstić information content (AvgIpc) is 3.48. The maximum atomic E-state index is 11.9. The second-order valence-electron chi connectivity index (χ2n) is 8.61. The van der Waals surface area contributed by atoms with Crippen LogP contribution in [0.4, 0.5) is 11.5 Å². The predicted octanol–water partition coefficient (Wildman–Crippen LogP) is 5.67. The molecule has 1 fully saturated rings. The van der Waals surface area contributed by atoms with Gasteiger partial charge < -0.3 is 24.4 Å². The third-order valence-corrected chi connectivity index (χ3v) is 7.32. The number of ether oxygens (including phenoxy) is 3.